The predicted octanol–water partition coefficient (Wildman–Crippen LogP) is 4.26. The molecule has 0 radical (unpaired) electrons. The molecule has 1 amide bonds. The standard InChI is InChI=1S/C18H16Cl2FNO2/c19-18(20)10-13(18)17(23)22-15(12-6-2-1-3-7-12)11-24-16-9-5-4-8-14(16)21/h1-9,13,15H,10-11H2,(H,22,23). The van der Waals surface area contributed by atoms with Crippen molar-refractivity contribution in [3.63, 3.8) is 0 Å². The van der Waals surface area contributed by atoms with Crippen LogP contribution in [0.3, 0.4) is 0 Å². The Balaban J connectivity index is 1.71. The monoisotopic (exact) mass is 367 g/mol. The van der Waals surface area contributed by atoms with E-state index in [2.05, 4.69) is 5.32 Å². The molecule has 1 aliphatic carbocycles. The molecule has 2 unspecified atom stereocenters. The van der Waals surface area contributed by atoms with Crippen LogP contribution >= 0.6 is 23.2 Å². The zero-order chi connectivity index (χ0) is 17.2. The highest BCUT2D eigenvalue weighted by Crippen LogP contribution is 2.53. The van der Waals surface area contributed by atoms with Gasteiger partial charge in [0.1, 0.15) is 10.9 Å². The van der Waals surface area contributed by atoms with Gasteiger partial charge in [-0.1, -0.05) is 42.5 Å². The van der Waals surface area contributed by atoms with Crippen LogP contribution in [0, 0.1) is 11.7 Å². The summed E-state index contributed by atoms with van der Waals surface area (Å²) in [6.07, 6.45) is 0.428. The van der Waals surface area contributed by atoms with Crippen molar-refractivity contribution in [3.8, 4) is 5.75 Å². The Kier molecular flexibility index (Phi) is 4.97. The van der Waals surface area contributed by atoms with Crippen LogP contribution in [0.4, 0.5) is 4.39 Å². The van der Waals surface area contributed by atoms with Crippen molar-refractivity contribution >= 4 is 29.1 Å². The van der Waals surface area contributed by atoms with E-state index >= 15 is 0 Å². The van der Waals surface area contributed by atoms with E-state index in [0.29, 0.717) is 6.42 Å². The molecular formula is C18H16Cl2FNO2. The van der Waals surface area contributed by atoms with Crippen LogP contribution < -0.4 is 10.1 Å². The average molecular weight is 368 g/mol. The Morgan fingerprint density at radius 2 is 1.83 bits per heavy atom. The minimum Gasteiger partial charge on any atom is -0.488 e. The number of ether oxygens (including phenoxy) is 1. The smallest absolute Gasteiger partial charge is 0.226 e. The third kappa shape index (κ3) is 4.00. The van der Waals surface area contributed by atoms with Gasteiger partial charge >= 0.3 is 0 Å². The van der Waals surface area contributed by atoms with Gasteiger partial charge in [0.05, 0.1) is 12.0 Å². The molecule has 1 saturated carbocycles. The van der Waals surface area contributed by atoms with Gasteiger partial charge in [-0.05, 0) is 24.1 Å². The number of benzene rings is 2. The molecule has 2 aromatic carbocycles. The number of para-hydroxylation sites is 1. The molecule has 1 N–H and O–H groups in total. The number of carbonyl (C=O) groups excluding carboxylic acids is 1. The molecule has 0 aromatic heterocycles. The van der Waals surface area contributed by atoms with Crippen LogP contribution in [-0.4, -0.2) is 16.8 Å². The van der Waals surface area contributed by atoms with Gasteiger partial charge in [-0.15, -0.1) is 23.2 Å². The summed E-state index contributed by atoms with van der Waals surface area (Å²) in [6, 6.07) is 15.1. The lowest BCUT2D eigenvalue weighted by molar-refractivity contribution is -0.123. The van der Waals surface area contributed by atoms with E-state index in [0.717, 1.165) is 5.56 Å². The number of alkyl halides is 2. The molecule has 2 aromatic rings. The largest absolute Gasteiger partial charge is 0.488 e. The van der Waals surface area contributed by atoms with Crippen molar-refractivity contribution in [1.82, 2.24) is 5.32 Å². The topological polar surface area (TPSA) is 38.3 Å². The lowest BCUT2D eigenvalue weighted by Crippen LogP contribution is -2.34. The van der Waals surface area contributed by atoms with E-state index in [1.54, 1.807) is 18.2 Å². The van der Waals surface area contributed by atoms with Gasteiger partial charge in [0, 0.05) is 0 Å². The quantitative estimate of drug-likeness (QED) is 0.774. The summed E-state index contributed by atoms with van der Waals surface area (Å²) in [4.78, 5) is 12.3. The summed E-state index contributed by atoms with van der Waals surface area (Å²) in [5, 5.41) is 2.89. The Bertz CT molecular complexity index is 724. The minimum atomic E-state index is -0.988. The van der Waals surface area contributed by atoms with Crippen molar-refractivity contribution in [3.05, 3.63) is 66.0 Å². The second-order valence-electron chi connectivity index (χ2n) is 5.73. The van der Waals surface area contributed by atoms with Gasteiger partial charge in [-0.25, -0.2) is 4.39 Å². The molecule has 3 rings (SSSR count). The lowest BCUT2D eigenvalue weighted by atomic mass is 10.1. The SMILES string of the molecule is O=C(NC(COc1ccccc1F)c1ccccc1)C1CC1(Cl)Cl. The molecule has 1 fully saturated rings. The molecule has 1 aliphatic rings. The maximum atomic E-state index is 13.7. The Hall–Kier alpha value is -1.78. The van der Waals surface area contributed by atoms with Gasteiger partial charge in [-0.3, -0.25) is 4.79 Å². The number of halogens is 3. The van der Waals surface area contributed by atoms with Crippen molar-refractivity contribution < 1.29 is 13.9 Å². The van der Waals surface area contributed by atoms with Crippen LogP contribution in [0.15, 0.2) is 54.6 Å². The number of hydrogen-bond donors (Lipinski definition) is 1. The maximum absolute atomic E-state index is 13.7. The second-order valence-corrected chi connectivity index (χ2v) is 7.27. The van der Waals surface area contributed by atoms with Crippen molar-refractivity contribution in [2.24, 2.45) is 5.92 Å². The molecule has 0 aliphatic heterocycles. The fraction of sp³-hybridized carbons (Fsp3) is 0.278. The molecule has 0 bridgehead atoms. The molecule has 24 heavy (non-hydrogen) atoms. The first-order chi connectivity index (χ1) is 11.5. The van der Waals surface area contributed by atoms with E-state index in [1.807, 2.05) is 30.3 Å². The Morgan fingerprint density at radius 3 is 2.46 bits per heavy atom. The summed E-state index contributed by atoms with van der Waals surface area (Å²) >= 11 is 11.9. The van der Waals surface area contributed by atoms with Gasteiger partial charge in [0.25, 0.3) is 0 Å². The number of nitrogens with one attached hydrogen (secondary N) is 1. The van der Waals surface area contributed by atoms with Crippen molar-refractivity contribution in [1.29, 1.82) is 0 Å². The minimum absolute atomic E-state index is 0.0982. The predicted molar refractivity (Wildman–Crippen MR) is 91.8 cm³/mol. The Morgan fingerprint density at radius 1 is 1.21 bits per heavy atom. The molecule has 0 heterocycles. The highest BCUT2D eigenvalue weighted by Gasteiger charge is 2.56. The first-order valence-corrected chi connectivity index (χ1v) is 8.33. The fourth-order valence-electron chi connectivity index (χ4n) is 2.41. The zero-order valence-corrected chi connectivity index (χ0v) is 14.2. The van der Waals surface area contributed by atoms with E-state index < -0.39 is 22.1 Å². The van der Waals surface area contributed by atoms with E-state index in [4.69, 9.17) is 27.9 Å². The van der Waals surface area contributed by atoms with Gasteiger partial charge in [-0.2, -0.15) is 0 Å². The highest BCUT2D eigenvalue weighted by molar-refractivity contribution is 6.52. The third-order valence-corrected chi connectivity index (χ3v) is 4.74. The second kappa shape index (κ2) is 6.99. The number of amides is 1. The molecule has 0 spiro atoms. The zero-order valence-electron chi connectivity index (χ0n) is 12.7. The normalized spacial score (nSPS) is 19.4. The van der Waals surface area contributed by atoms with Crippen LogP contribution in [0.2, 0.25) is 0 Å². The summed E-state index contributed by atoms with van der Waals surface area (Å²) < 4.78 is 18.3. The number of hydrogen-bond acceptors (Lipinski definition) is 2. The molecular weight excluding hydrogens is 352 g/mol. The van der Waals surface area contributed by atoms with E-state index in [9.17, 15) is 9.18 Å². The first-order valence-electron chi connectivity index (χ1n) is 7.58. The summed E-state index contributed by atoms with van der Waals surface area (Å²) in [5.74, 6) is -0.965. The average Bonchev–Trinajstić information content (AvgIpc) is 3.22. The van der Waals surface area contributed by atoms with Gasteiger partial charge in [0.15, 0.2) is 11.6 Å². The summed E-state index contributed by atoms with van der Waals surface area (Å²) in [5.41, 5.74) is 0.859. The van der Waals surface area contributed by atoms with Crippen LogP contribution in [0.5, 0.6) is 5.75 Å². The molecule has 0 saturated heterocycles. The highest BCUT2D eigenvalue weighted by atomic mass is 35.5. The maximum Gasteiger partial charge on any atom is 0.226 e. The Labute approximate surface area is 149 Å². The fourth-order valence-corrected chi connectivity index (χ4v) is 2.92. The summed E-state index contributed by atoms with van der Waals surface area (Å²) in [7, 11) is 0. The van der Waals surface area contributed by atoms with Crippen LogP contribution in [0.25, 0.3) is 0 Å². The molecule has 3 nitrogen and oxygen atoms in total. The molecule has 126 valence electrons. The van der Waals surface area contributed by atoms with E-state index in [1.165, 1.54) is 6.07 Å². The van der Waals surface area contributed by atoms with Crippen molar-refractivity contribution in [2.45, 2.75) is 16.8 Å². The van der Waals surface area contributed by atoms with Crippen molar-refractivity contribution in [2.75, 3.05) is 6.61 Å². The van der Waals surface area contributed by atoms with Crippen LogP contribution in [-0.2, 0) is 4.79 Å². The first kappa shape index (κ1) is 17.1. The van der Waals surface area contributed by atoms with Crippen LogP contribution in [0.1, 0.15) is 18.0 Å². The summed E-state index contributed by atoms with van der Waals surface area (Å²) in [6.45, 7) is 0.0982. The molecule has 2 atom stereocenters. The third-order valence-electron chi connectivity index (χ3n) is 3.90. The van der Waals surface area contributed by atoms with E-state index in [-0.39, 0.29) is 18.3 Å². The van der Waals surface area contributed by atoms with Gasteiger partial charge < -0.3 is 10.1 Å². The number of rotatable bonds is 6. The number of carbonyl (C=O) groups is 1. The van der Waals surface area contributed by atoms with Gasteiger partial charge in [0.2, 0.25) is 5.91 Å². The lowest BCUT2D eigenvalue weighted by Gasteiger charge is -2.20. The molecule has 6 heteroatoms.